The Morgan fingerprint density at radius 2 is 2.20 bits per heavy atom. The van der Waals surface area contributed by atoms with E-state index in [9.17, 15) is 20.0 Å². The Bertz CT molecular complexity index is 570. The lowest BCUT2D eigenvalue weighted by Crippen LogP contribution is -2.43. The number of nitrogens with one attached hydrogen (secondary N) is 1. The maximum Gasteiger partial charge on any atom is 0.311 e. The minimum Gasteiger partial charge on any atom is -0.481 e. The molecule has 20 heavy (non-hydrogen) atoms. The van der Waals surface area contributed by atoms with Gasteiger partial charge in [-0.2, -0.15) is 0 Å². The summed E-state index contributed by atoms with van der Waals surface area (Å²) in [5, 5.41) is 23.1. The van der Waals surface area contributed by atoms with E-state index in [1.807, 2.05) is 0 Å². The fraction of sp³-hybridized carbons (Fsp3) is 0.462. The SMILES string of the molecule is Cc1cc([N+](=O)[O-])c(Cl)cc1NCC1(C(=O)O)CCC1. The first-order valence-corrected chi connectivity index (χ1v) is 6.65. The summed E-state index contributed by atoms with van der Waals surface area (Å²) < 4.78 is 0. The molecule has 0 heterocycles. The molecular weight excluding hydrogens is 284 g/mol. The molecule has 0 atom stereocenters. The van der Waals surface area contributed by atoms with Crippen LogP contribution in [0.15, 0.2) is 12.1 Å². The van der Waals surface area contributed by atoms with Gasteiger partial charge in [0.05, 0.1) is 10.3 Å². The van der Waals surface area contributed by atoms with Crippen LogP contribution in [0.3, 0.4) is 0 Å². The average Bonchev–Trinajstić information content (AvgIpc) is 2.30. The highest BCUT2D eigenvalue weighted by Crippen LogP contribution is 2.41. The van der Waals surface area contributed by atoms with Crippen LogP contribution >= 0.6 is 11.6 Å². The van der Waals surface area contributed by atoms with Crippen LogP contribution < -0.4 is 5.32 Å². The molecule has 1 fully saturated rings. The number of rotatable bonds is 5. The van der Waals surface area contributed by atoms with Crippen molar-refractivity contribution in [2.45, 2.75) is 26.2 Å². The summed E-state index contributed by atoms with van der Waals surface area (Å²) in [5.74, 6) is -0.804. The fourth-order valence-corrected chi connectivity index (χ4v) is 2.56. The standard InChI is InChI=1S/C13H15ClN2O4/c1-8-5-11(16(19)20)9(14)6-10(8)15-7-13(12(17)18)3-2-4-13/h5-6,15H,2-4,7H2,1H3,(H,17,18). The number of aliphatic carboxylic acids is 1. The third kappa shape index (κ3) is 2.56. The molecule has 0 saturated heterocycles. The summed E-state index contributed by atoms with van der Waals surface area (Å²) in [6.45, 7) is 2.02. The number of carboxylic acids is 1. The second-order valence-electron chi connectivity index (χ2n) is 5.17. The highest BCUT2D eigenvalue weighted by Gasteiger charge is 2.44. The predicted molar refractivity (Wildman–Crippen MR) is 75.3 cm³/mol. The number of hydrogen-bond donors (Lipinski definition) is 2. The van der Waals surface area contributed by atoms with E-state index in [0.717, 1.165) is 6.42 Å². The number of carboxylic acid groups (broad SMARTS) is 1. The van der Waals surface area contributed by atoms with E-state index in [0.29, 0.717) is 30.6 Å². The zero-order chi connectivity index (χ0) is 14.9. The van der Waals surface area contributed by atoms with E-state index in [1.165, 1.54) is 12.1 Å². The van der Waals surface area contributed by atoms with Crippen LogP contribution in [0.2, 0.25) is 5.02 Å². The molecule has 1 aromatic carbocycles. The first-order valence-electron chi connectivity index (χ1n) is 6.27. The second kappa shape index (κ2) is 5.28. The number of anilines is 1. The van der Waals surface area contributed by atoms with Gasteiger partial charge >= 0.3 is 5.97 Å². The summed E-state index contributed by atoms with van der Waals surface area (Å²) in [6, 6.07) is 2.86. The van der Waals surface area contributed by atoms with Gasteiger partial charge in [-0.05, 0) is 31.4 Å². The van der Waals surface area contributed by atoms with Gasteiger partial charge in [0.25, 0.3) is 5.69 Å². The Morgan fingerprint density at radius 3 is 2.65 bits per heavy atom. The van der Waals surface area contributed by atoms with Crippen molar-refractivity contribution >= 4 is 28.9 Å². The normalized spacial score (nSPS) is 16.3. The monoisotopic (exact) mass is 298 g/mol. The van der Waals surface area contributed by atoms with Gasteiger partial charge in [-0.3, -0.25) is 14.9 Å². The number of hydrogen-bond acceptors (Lipinski definition) is 4. The molecule has 2 rings (SSSR count). The first-order chi connectivity index (χ1) is 9.35. The number of nitrogens with zero attached hydrogens (tertiary/aromatic N) is 1. The molecule has 0 bridgehead atoms. The van der Waals surface area contributed by atoms with Crippen LogP contribution in [0.4, 0.5) is 11.4 Å². The lowest BCUT2D eigenvalue weighted by Gasteiger charge is -2.38. The van der Waals surface area contributed by atoms with Crippen molar-refractivity contribution in [1.29, 1.82) is 0 Å². The number of aryl methyl sites for hydroxylation is 1. The van der Waals surface area contributed by atoms with Gasteiger partial charge in [0.2, 0.25) is 0 Å². The third-order valence-corrected chi connectivity index (χ3v) is 4.17. The van der Waals surface area contributed by atoms with Gasteiger partial charge in [0, 0.05) is 18.3 Å². The van der Waals surface area contributed by atoms with Gasteiger partial charge in [-0.1, -0.05) is 18.0 Å². The molecule has 0 spiro atoms. The highest BCUT2D eigenvalue weighted by atomic mass is 35.5. The molecule has 0 aliphatic heterocycles. The Morgan fingerprint density at radius 1 is 1.55 bits per heavy atom. The van der Waals surface area contributed by atoms with Crippen LogP contribution in [0.1, 0.15) is 24.8 Å². The number of nitro benzene ring substituents is 1. The van der Waals surface area contributed by atoms with Gasteiger partial charge in [0.1, 0.15) is 5.02 Å². The Hall–Kier alpha value is -1.82. The predicted octanol–water partition coefficient (Wildman–Crippen LogP) is 3.22. The van der Waals surface area contributed by atoms with Gasteiger partial charge < -0.3 is 10.4 Å². The summed E-state index contributed by atoms with van der Waals surface area (Å²) in [6.07, 6.45) is 2.21. The topological polar surface area (TPSA) is 92.5 Å². The van der Waals surface area contributed by atoms with Crippen molar-refractivity contribution < 1.29 is 14.8 Å². The molecule has 0 unspecified atom stereocenters. The number of carbonyl (C=O) groups is 1. The van der Waals surface area contributed by atoms with Crippen LogP contribution in [0, 0.1) is 22.5 Å². The number of benzene rings is 1. The first kappa shape index (κ1) is 14.6. The molecule has 1 aromatic rings. The van der Waals surface area contributed by atoms with Crippen molar-refractivity contribution in [3.63, 3.8) is 0 Å². The fourth-order valence-electron chi connectivity index (χ4n) is 2.33. The van der Waals surface area contributed by atoms with Crippen molar-refractivity contribution in [2.24, 2.45) is 5.41 Å². The summed E-state index contributed by atoms with van der Waals surface area (Å²) in [7, 11) is 0. The molecule has 108 valence electrons. The highest BCUT2D eigenvalue weighted by molar-refractivity contribution is 6.33. The van der Waals surface area contributed by atoms with E-state index in [1.54, 1.807) is 6.92 Å². The molecule has 2 N–H and O–H groups in total. The maximum atomic E-state index is 11.3. The zero-order valence-electron chi connectivity index (χ0n) is 11.0. The van der Waals surface area contributed by atoms with Crippen LogP contribution in [0.25, 0.3) is 0 Å². The Kier molecular flexibility index (Phi) is 3.85. The van der Waals surface area contributed by atoms with Crippen molar-refractivity contribution in [3.8, 4) is 0 Å². The molecule has 0 aromatic heterocycles. The zero-order valence-corrected chi connectivity index (χ0v) is 11.7. The molecule has 1 saturated carbocycles. The van der Waals surface area contributed by atoms with Crippen LogP contribution in [-0.2, 0) is 4.79 Å². The van der Waals surface area contributed by atoms with Gasteiger partial charge in [-0.25, -0.2) is 0 Å². The average molecular weight is 299 g/mol. The molecule has 0 radical (unpaired) electrons. The second-order valence-corrected chi connectivity index (χ2v) is 5.58. The molecule has 7 heteroatoms. The van der Waals surface area contributed by atoms with Crippen molar-refractivity contribution in [3.05, 3.63) is 32.8 Å². The Labute approximate surface area is 120 Å². The minimum absolute atomic E-state index is 0.0427. The summed E-state index contributed by atoms with van der Waals surface area (Å²) >= 11 is 5.86. The molecule has 1 aliphatic carbocycles. The van der Waals surface area contributed by atoms with E-state index in [-0.39, 0.29) is 10.7 Å². The maximum absolute atomic E-state index is 11.3. The van der Waals surface area contributed by atoms with E-state index >= 15 is 0 Å². The van der Waals surface area contributed by atoms with Crippen LogP contribution in [-0.4, -0.2) is 22.5 Å². The quantitative estimate of drug-likeness (QED) is 0.643. The smallest absolute Gasteiger partial charge is 0.311 e. The van der Waals surface area contributed by atoms with Gasteiger partial charge in [-0.15, -0.1) is 0 Å². The molecule has 1 aliphatic rings. The molecular formula is C13H15ClN2O4. The van der Waals surface area contributed by atoms with Crippen molar-refractivity contribution in [1.82, 2.24) is 0 Å². The lowest BCUT2D eigenvalue weighted by molar-refractivity contribution is -0.384. The van der Waals surface area contributed by atoms with E-state index < -0.39 is 16.3 Å². The third-order valence-electron chi connectivity index (χ3n) is 3.87. The summed E-state index contributed by atoms with van der Waals surface area (Å²) in [5.41, 5.74) is 0.432. The minimum atomic E-state index is -0.804. The largest absolute Gasteiger partial charge is 0.481 e. The van der Waals surface area contributed by atoms with Gasteiger partial charge in [0.15, 0.2) is 0 Å². The lowest BCUT2D eigenvalue weighted by atomic mass is 9.69. The molecule has 6 nitrogen and oxygen atoms in total. The summed E-state index contributed by atoms with van der Waals surface area (Å²) in [4.78, 5) is 21.5. The van der Waals surface area contributed by atoms with E-state index in [2.05, 4.69) is 5.32 Å². The Balaban J connectivity index is 2.16. The number of nitro groups is 1. The molecule has 0 amide bonds. The van der Waals surface area contributed by atoms with Crippen molar-refractivity contribution in [2.75, 3.05) is 11.9 Å². The van der Waals surface area contributed by atoms with E-state index in [4.69, 9.17) is 11.6 Å². The number of halogens is 1. The van der Waals surface area contributed by atoms with Crippen LogP contribution in [0.5, 0.6) is 0 Å².